The predicted molar refractivity (Wildman–Crippen MR) is 30.0 cm³/mol. The molecule has 0 aliphatic heterocycles. The number of nitrogens with zero attached hydrogens (tertiary/aromatic N) is 1. The first kappa shape index (κ1) is 8.31. The van der Waals surface area contributed by atoms with Crippen molar-refractivity contribution in [3.63, 3.8) is 0 Å². The summed E-state index contributed by atoms with van der Waals surface area (Å²) >= 11 is 0. The van der Waals surface area contributed by atoms with Crippen molar-refractivity contribution < 1.29 is 18.9 Å². The summed E-state index contributed by atoms with van der Waals surface area (Å²) in [5.41, 5.74) is 0.660. The summed E-state index contributed by atoms with van der Waals surface area (Å²) < 4.78 is 0. The van der Waals surface area contributed by atoms with Gasteiger partial charge >= 0.3 is 18.9 Å². The Bertz CT molecular complexity index is 200. The predicted octanol–water partition coefficient (Wildman–Crippen LogP) is -1.64. The van der Waals surface area contributed by atoms with Gasteiger partial charge in [0, 0.05) is 6.07 Å². The van der Waals surface area contributed by atoms with Crippen LogP contribution in [-0.4, -0.2) is 0 Å². The Morgan fingerprint density at radius 1 is 1.56 bits per heavy atom. The van der Waals surface area contributed by atoms with Crippen LogP contribution in [0.5, 0.6) is 0 Å². The van der Waals surface area contributed by atoms with Crippen LogP contribution in [0.3, 0.4) is 0 Å². The summed E-state index contributed by atoms with van der Waals surface area (Å²) in [6.07, 6.45) is 0. The van der Waals surface area contributed by atoms with Crippen molar-refractivity contribution in [2.24, 2.45) is 0 Å². The Morgan fingerprint density at radius 3 is 2.67 bits per heavy atom. The maximum atomic E-state index is 8.27. The number of hydrogen-bond donors (Lipinski definition) is 0. The van der Waals surface area contributed by atoms with Gasteiger partial charge in [-0.1, -0.05) is 5.56 Å². The number of nitriles is 1. The van der Waals surface area contributed by atoms with Crippen molar-refractivity contribution in [3.05, 3.63) is 35.9 Å². The number of hydrogen-bond acceptors (Lipinski definition) is 1. The van der Waals surface area contributed by atoms with Gasteiger partial charge in [-0.15, -0.1) is 0 Å². The molecule has 0 heterocycles. The van der Waals surface area contributed by atoms with Crippen molar-refractivity contribution in [1.29, 1.82) is 5.26 Å². The summed E-state index contributed by atoms with van der Waals surface area (Å²) in [5, 5.41) is 8.27. The normalized spacial score (nSPS) is 7.00. The third kappa shape index (κ3) is 2.38. The quantitative estimate of drug-likeness (QED) is 0.289. The van der Waals surface area contributed by atoms with E-state index in [1.165, 1.54) is 0 Å². The minimum atomic E-state index is 0. The molecule has 0 atom stereocenters. The molecule has 0 saturated carbocycles. The molecule has 0 aliphatic carbocycles. The van der Waals surface area contributed by atoms with Crippen LogP contribution >= 0.6 is 0 Å². The summed E-state index contributed by atoms with van der Waals surface area (Å²) in [4.78, 5) is 0. The molecule has 0 spiro atoms. The standard InChI is InChI=1S/C7H4N.Li/c8-6-7-4-2-1-3-5-7;/h1-2,4-5H;/q-1;+1. The van der Waals surface area contributed by atoms with Crippen LogP contribution in [0.4, 0.5) is 0 Å². The van der Waals surface area contributed by atoms with Gasteiger partial charge in [0.25, 0.3) is 0 Å². The van der Waals surface area contributed by atoms with E-state index in [0.717, 1.165) is 0 Å². The van der Waals surface area contributed by atoms with E-state index >= 15 is 0 Å². The minimum absolute atomic E-state index is 0. The molecule has 38 valence electrons. The molecular formula is C7H4LiN. The van der Waals surface area contributed by atoms with Crippen molar-refractivity contribution in [2.45, 2.75) is 0 Å². The molecule has 0 amide bonds. The van der Waals surface area contributed by atoms with E-state index < -0.39 is 0 Å². The van der Waals surface area contributed by atoms with Crippen LogP contribution in [-0.2, 0) is 0 Å². The van der Waals surface area contributed by atoms with Crippen molar-refractivity contribution in [2.75, 3.05) is 0 Å². The zero-order valence-electron chi connectivity index (χ0n) is 5.26. The molecule has 0 unspecified atom stereocenters. The van der Waals surface area contributed by atoms with E-state index in [1.54, 1.807) is 24.3 Å². The summed E-state index contributed by atoms with van der Waals surface area (Å²) in [7, 11) is 0. The van der Waals surface area contributed by atoms with Gasteiger partial charge in [-0.05, 0) is 0 Å². The fraction of sp³-hybridized carbons (Fsp3) is 0. The molecule has 0 aromatic heterocycles. The molecule has 1 aromatic carbocycles. The average Bonchev–Trinajstić information content (AvgIpc) is 1.90. The molecule has 1 nitrogen and oxygen atoms in total. The van der Waals surface area contributed by atoms with Gasteiger partial charge in [-0.25, -0.2) is 5.26 Å². The van der Waals surface area contributed by atoms with Crippen LogP contribution in [0.25, 0.3) is 0 Å². The topological polar surface area (TPSA) is 23.8 Å². The van der Waals surface area contributed by atoms with E-state index in [1.807, 2.05) is 6.07 Å². The fourth-order valence-electron chi connectivity index (χ4n) is 0.463. The Morgan fingerprint density at radius 2 is 2.33 bits per heavy atom. The molecule has 0 bridgehead atoms. The minimum Gasteiger partial charge on any atom is -0.208 e. The maximum absolute atomic E-state index is 8.27. The maximum Gasteiger partial charge on any atom is 1.00 e. The zero-order chi connectivity index (χ0) is 5.82. The van der Waals surface area contributed by atoms with Crippen LogP contribution in [0, 0.1) is 17.4 Å². The van der Waals surface area contributed by atoms with Crippen LogP contribution in [0.15, 0.2) is 24.3 Å². The molecule has 0 aliphatic rings. The molecular weight excluding hydrogens is 105 g/mol. The third-order valence-electron chi connectivity index (χ3n) is 0.836. The van der Waals surface area contributed by atoms with Crippen molar-refractivity contribution >= 4 is 0 Å². The van der Waals surface area contributed by atoms with Crippen molar-refractivity contribution in [1.82, 2.24) is 0 Å². The van der Waals surface area contributed by atoms with Crippen LogP contribution < -0.4 is 18.9 Å². The van der Waals surface area contributed by atoms with Gasteiger partial charge in [-0.2, -0.15) is 30.3 Å². The molecule has 1 aromatic rings. The van der Waals surface area contributed by atoms with Crippen LogP contribution in [0.2, 0.25) is 0 Å². The number of benzene rings is 1. The van der Waals surface area contributed by atoms with E-state index in [2.05, 4.69) is 6.07 Å². The average molecular weight is 109 g/mol. The molecule has 0 radical (unpaired) electrons. The third-order valence-corrected chi connectivity index (χ3v) is 0.836. The molecule has 2 heteroatoms. The first-order valence-electron chi connectivity index (χ1n) is 2.29. The van der Waals surface area contributed by atoms with Gasteiger partial charge in [0.1, 0.15) is 0 Å². The largest absolute Gasteiger partial charge is 1.00 e. The fourth-order valence-corrected chi connectivity index (χ4v) is 0.463. The Balaban J connectivity index is 0.000000640. The van der Waals surface area contributed by atoms with E-state index in [0.29, 0.717) is 5.56 Å². The van der Waals surface area contributed by atoms with Gasteiger partial charge in [-0.3, -0.25) is 0 Å². The Labute approximate surface area is 66.5 Å². The molecule has 1 rings (SSSR count). The second-order valence-electron chi connectivity index (χ2n) is 1.40. The van der Waals surface area contributed by atoms with E-state index in [-0.39, 0.29) is 18.9 Å². The van der Waals surface area contributed by atoms with Crippen LogP contribution in [0.1, 0.15) is 5.56 Å². The summed E-state index contributed by atoms with van der Waals surface area (Å²) in [5.74, 6) is 0. The van der Waals surface area contributed by atoms with Gasteiger partial charge in [0.05, 0.1) is 0 Å². The van der Waals surface area contributed by atoms with Gasteiger partial charge in [0.2, 0.25) is 0 Å². The number of rotatable bonds is 0. The van der Waals surface area contributed by atoms with Gasteiger partial charge in [0.15, 0.2) is 0 Å². The molecule has 9 heavy (non-hydrogen) atoms. The van der Waals surface area contributed by atoms with E-state index in [9.17, 15) is 0 Å². The Hall–Kier alpha value is -0.693. The summed E-state index contributed by atoms with van der Waals surface area (Å²) in [6, 6.07) is 11.7. The molecule has 0 fully saturated rings. The second-order valence-corrected chi connectivity index (χ2v) is 1.40. The van der Waals surface area contributed by atoms with E-state index in [4.69, 9.17) is 5.26 Å². The smallest absolute Gasteiger partial charge is 0.208 e. The molecule has 0 saturated heterocycles. The Kier molecular flexibility index (Phi) is 3.89. The van der Waals surface area contributed by atoms with Crippen molar-refractivity contribution in [3.8, 4) is 6.07 Å². The monoisotopic (exact) mass is 109 g/mol. The molecule has 0 N–H and O–H groups in total. The SMILES string of the molecule is N#Cc1c[c-]ccc1.[Li+]. The first-order valence-corrected chi connectivity index (χ1v) is 2.29. The summed E-state index contributed by atoms with van der Waals surface area (Å²) in [6.45, 7) is 0. The first-order chi connectivity index (χ1) is 3.93. The van der Waals surface area contributed by atoms with Gasteiger partial charge < -0.3 is 0 Å². The second kappa shape index (κ2) is 4.21. The zero-order valence-corrected chi connectivity index (χ0v) is 5.26.